The molecule has 0 aromatic heterocycles. The molecule has 0 spiro atoms. The Morgan fingerprint density at radius 3 is 2.71 bits per heavy atom. The molecule has 0 saturated heterocycles. The Morgan fingerprint density at radius 1 is 1.38 bits per heavy atom. The average molecular weight is 289 g/mol. The molecule has 1 fully saturated rings. The Bertz CT molecular complexity index is 460. The van der Waals surface area contributed by atoms with Gasteiger partial charge in [-0.3, -0.25) is 4.79 Å². The SMILES string of the molecule is CCC(N)C1(CC(=O)OC)CCCCC1c1ccccc1. The van der Waals surface area contributed by atoms with Gasteiger partial charge in [0.2, 0.25) is 0 Å². The second-order valence-corrected chi connectivity index (χ2v) is 6.21. The summed E-state index contributed by atoms with van der Waals surface area (Å²) in [7, 11) is 1.47. The molecule has 2 N–H and O–H groups in total. The van der Waals surface area contributed by atoms with E-state index in [1.54, 1.807) is 0 Å². The van der Waals surface area contributed by atoms with Crippen molar-refractivity contribution in [1.82, 2.24) is 0 Å². The predicted octanol–water partition coefficient (Wildman–Crippen LogP) is 3.63. The highest BCUT2D eigenvalue weighted by molar-refractivity contribution is 5.70. The first kappa shape index (κ1) is 16.0. The van der Waals surface area contributed by atoms with E-state index in [9.17, 15) is 4.79 Å². The molecule has 1 saturated carbocycles. The average Bonchev–Trinajstić information content (AvgIpc) is 2.55. The van der Waals surface area contributed by atoms with Crippen LogP contribution in [0.2, 0.25) is 0 Å². The van der Waals surface area contributed by atoms with Crippen LogP contribution in [0.4, 0.5) is 0 Å². The van der Waals surface area contributed by atoms with E-state index in [1.807, 2.05) is 6.07 Å². The van der Waals surface area contributed by atoms with Gasteiger partial charge in [-0.2, -0.15) is 0 Å². The normalized spacial score (nSPS) is 27.1. The van der Waals surface area contributed by atoms with Crippen LogP contribution in [0.25, 0.3) is 0 Å². The zero-order chi connectivity index (χ0) is 15.3. The summed E-state index contributed by atoms with van der Waals surface area (Å²) in [6.45, 7) is 2.11. The molecule has 1 aromatic carbocycles. The third-order valence-corrected chi connectivity index (χ3v) is 5.16. The highest BCUT2D eigenvalue weighted by atomic mass is 16.5. The first-order valence-electron chi connectivity index (χ1n) is 8.01. The number of nitrogens with two attached hydrogens (primary N) is 1. The molecule has 3 atom stereocenters. The van der Waals surface area contributed by atoms with Crippen LogP contribution in [0.5, 0.6) is 0 Å². The standard InChI is InChI=1S/C18H27NO2/c1-3-16(19)18(13-17(20)21-2)12-8-7-11-15(18)14-9-5-4-6-10-14/h4-6,9-10,15-16H,3,7-8,11-13,19H2,1-2H3. The first-order valence-corrected chi connectivity index (χ1v) is 8.01. The molecular formula is C18H27NO2. The monoisotopic (exact) mass is 289 g/mol. The Hall–Kier alpha value is -1.35. The van der Waals surface area contributed by atoms with Gasteiger partial charge in [-0.15, -0.1) is 0 Å². The van der Waals surface area contributed by atoms with Crippen molar-refractivity contribution in [2.75, 3.05) is 7.11 Å². The molecule has 0 heterocycles. The molecule has 0 radical (unpaired) electrons. The van der Waals surface area contributed by atoms with Gasteiger partial charge < -0.3 is 10.5 Å². The number of carbonyl (C=O) groups excluding carboxylic acids is 1. The minimum Gasteiger partial charge on any atom is -0.469 e. The lowest BCUT2D eigenvalue weighted by atomic mass is 9.58. The van der Waals surface area contributed by atoms with Gasteiger partial charge in [-0.05, 0) is 30.7 Å². The highest BCUT2D eigenvalue weighted by Crippen LogP contribution is 2.52. The molecule has 1 aliphatic rings. The van der Waals surface area contributed by atoms with Crippen LogP contribution < -0.4 is 5.73 Å². The van der Waals surface area contributed by atoms with Crippen LogP contribution in [-0.4, -0.2) is 19.1 Å². The molecule has 21 heavy (non-hydrogen) atoms. The molecule has 0 aliphatic heterocycles. The fourth-order valence-electron chi connectivity index (χ4n) is 3.98. The second kappa shape index (κ2) is 7.08. The smallest absolute Gasteiger partial charge is 0.306 e. The maximum atomic E-state index is 12.0. The first-order chi connectivity index (χ1) is 10.1. The van der Waals surface area contributed by atoms with Crippen LogP contribution in [0.3, 0.4) is 0 Å². The largest absolute Gasteiger partial charge is 0.469 e. The van der Waals surface area contributed by atoms with Gasteiger partial charge >= 0.3 is 5.97 Å². The van der Waals surface area contributed by atoms with E-state index in [-0.39, 0.29) is 17.4 Å². The Labute approximate surface area is 127 Å². The van der Waals surface area contributed by atoms with E-state index < -0.39 is 0 Å². The van der Waals surface area contributed by atoms with Crippen molar-refractivity contribution in [3.8, 4) is 0 Å². The van der Waals surface area contributed by atoms with E-state index in [0.29, 0.717) is 12.3 Å². The van der Waals surface area contributed by atoms with Crippen LogP contribution in [-0.2, 0) is 9.53 Å². The maximum Gasteiger partial charge on any atom is 0.306 e. The van der Waals surface area contributed by atoms with E-state index in [1.165, 1.54) is 19.1 Å². The molecule has 116 valence electrons. The van der Waals surface area contributed by atoms with Crippen molar-refractivity contribution in [2.24, 2.45) is 11.1 Å². The van der Waals surface area contributed by atoms with Crippen LogP contribution in [0.1, 0.15) is 56.9 Å². The molecule has 0 bridgehead atoms. The van der Waals surface area contributed by atoms with Crippen molar-refractivity contribution in [3.05, 3.63) is 35.9 Å². The lowest BCUT2D eigenvalue weighted by Crippen LogP contribution is -2.48. The van der Waals surface area contributed by atoms with E-state index in [4.69, 9.17) is 10.5 Å². The fourth-order valence-corrected chi connectivity index (χ4v) is 3.98. The molecule has 3 heteroatoms. The van der Waals surface area contributed by atoms with Crippen molar-refractivity contribution in [2.45, 2.75) is 57.4 Å². The minimum atomic E-state index is -0.165. The highest BCUT2D eigenvalue weighted by Gasteiger charge is 2.46. The summed E-state index contributed by atoms with van der Waals surface area (Å²) in [5, 5.41) is 0. The molecule has 3 nitrogen and oxygen atoms in total. The third-order valence-electron chi connectivity index (χ3n) is 5.16. The second-order valence-electron chi connectivity index (χ2n) is 6.21. The number of hydrogen-bond acceptors (Lipinski definition) is 3. The van der Waals surface area contributed by atoms with Gasteiger partial charge in [-0.25, -0.2) is 0 Å². The number of rotatable bonds is 5. The molecule has 3 unspecified atom stereocenters. The van der Waals surface area contributed by atoms with Gasteiger partial charge in [0.05, 0.1) is 13.5 Å². The van der Waals surface area contributed by atoms with Gasteiger partial charge in [-0.1, -0.05) is 50.1 Å². The number of carbonyl (C=O) groups is 1. The summed E-state index contributed by atoms with van der Waals surface area (Å²) in [4.78, 5) is 12.0. The lowest BCUT2D eigenvalue weighted by molar-refractivity contribution is -0.145. The minimum absolute atomic E-state index is 0.0297. The summed E-state index contributed by atoms with van der Waals surface area (Å²) in [5.74, 6) is 0.211. The molecule has 0 amide bonds. The third kappa shape index (κ3) is 3.29. The fraction of sp³-hybridized carbons (Fsp3) is 0.611. The van der Waals surface area contributed by atoms with E-state index in [0.717, 1.165) is 25.7 Å². The summed E-state index contributed by atoms with van der Waals surface area (Å²) < 4.78 is 4.96. The maximum absolute atomic E-state index is 12.0. The van der Waals surface area contributed by atoms with Crippen LogP contribution in [0, 0.1) is 5.41 Å². The summed E-state index contributed by atoms with van der Waals surface area (Å²) in [6, 6.07) is 10.6. The van der Waals surface area contributed by atoms with Crippen molar-refractivity contribution < 1.29 is 9.53 Å². The van der Waals surface area contributed by atoms with Crippen molar-refractivity contribution >= 4 is 5.97 Å². The van der Waals surface area contributed by atoms with Gasteiger partial charge in [0.15, 0.2) is 0 Å². The molecule has 1 aromatic rings. The predicted molar refractivity (Wildman–Crippen MR) is 85.0 cm³/mol. The lowest BCUT2D eigenvalue weighted by Gasteiger charge is -2.47. The van der Waals surface area contributed by atoms with Crippen molar-refractivity contribution in [3.63, 3.8) is 0 Å². The summed E-state index contributed by atoms with van der Waals surface area (Å²) >= 11 is 0. The number of esters is 1. The van der Waals surface area contributed by atoms with Crippen LogP contribution >= 0.6 is 0 Å². The number of benzene rings is 1. The summed E-state index contributed by atoms with van der Waals surface area (Å²) in [5.41, 5.74) is 7.65. The van der Waals surface area contributed by atoms with Gasteiger partial charge in [0.1, 0.15) is 0 Å². The van der Waals surface area contributed by atoms with Crippen LogP contribution in [0.15, 0.2) is 30.3 Å². The number of methoxy groups -OCH3 is 1. The number of hydrogen-bond donors (Lipinski definition) is 1. The van der Waals surface area contributed by atoms with E-state index >= 15 is 0 Å². The van der Waals surface area contributed by atoms with Gasteiger partial charge in [0.25, 0.3) is 0 Å². The van der Waals surface area contributed by atoms with E-state index in [2.05, 4.69) is 31.2 Å². The molecular weight excluding hydrogens is 262 g/mol. The molecule has 2 rings (SSSR count). The zero-order valence-electron chi connectivity index (χ0n) is 13.2. The Morgan fingerprint density at radius 2 is 2.10 bits per heavy atom. The topological polar surface area (TPSA) is 52.3 Å². The van der Waals surface area contributed by atoms with Gasteiger partial charge in [0, 0.05) is 11.5 Å². The quantitative estimate of drug-likeness (QED) is 0.842. The molecule has 1 aliphatic carbocycles. The Balaban J connectivity index is 2.39. The Kier molecular flexibility index (Phi) is 5.40. The van der Waals surface area contributed by atoms with Crippen molar-refractivity contribution in [1.29, 1.82) is 0 Å². The number of ether oxygens (including phenoxy) is 1. The summed E-state index contributed by atoms with van der Waals surface area (Å²) in [6.07, 6.45) is 5.79. The zero-order valence-corrected chi connectivity index (χ0v) is 13.2.